The molecule has 0 atom stereocenters. The molecule has 0 aliphatic rings. The summed E-state index contributed by atoms with van der Waals surface area (Å²) in [5.74, 6) is 0. The van der Waals surface area contributed by atoms with Crippen molar-refractivity contribution in [3.8, 4) is 0 Å². The van der Waals surface area contributed by atoms with Crippen molar-refractivity contribution in [1.29, 1.82) is 0 Å². The minimum Gasteiger partial charge on any atom is -0.361 e. The fourth-order valence-corrected chi connectivity index (χ4v) is 1.80. The highest BCUT2D eigenvalue weighted by atomic mass is 14.7. The molecular formula is C12H12N2. The average molecular weight is 184 g/mol. The number of nitrogens with one attached hydrogen (secondary N) is 1. The number of benzene rings is 2. The van der Waals surface area contributed by atoms with Gasteiger partial charge in [-0.1, -0.05) is 36.4 Å². The van der Waals surface area contributed by atoms with Crippen LogP contribution in [0.25, 0.3) is 21.7 Å². The van der Waals surface area contributed by atoms with E-state index in [1.807, 2.05) is 6.20 Å². The topological polar surface area (TPSA) is 50.8 Å². The average Bonchev–Trinajstić information content (AvgIpc) is 2.65. The quantitative estimate of drug-likeness (QED) is 0.552. The van der Waals surface area contributed by atoms with Crippen LogP contribution in [0.15, 0.2) is 48.7 Å². The number of aromatic nitrogens is 1. The van der Waals surface area contributed by atoms with E-state index in [2.05, 4.69) is 47.4 Å². The second-order valence-corrected chi connectivity index (χ2v) is 3.23. The summed E-state index contributed by atoms with van der Waals surface area (Å²) in [6.45, 7) is 0. The van der Waals surface area contributed by atoms with Crippen molar-refractivity contribution in [3.63, 3.8) is 0 Å². The summed E-state index contributed by atoms with van der Waals surface area (Å²) in [4.78, 5) is 3.26. The van der Waals surface area contributed by atoms with Crippen LogP contribution in [0.3, 0.4) is 0 Å². The van der Waals surface area contributed by atoms with Crippen molar-refractivity contribution in [2.45, 2.75) is 0 Å². The number of H-pyrrole nitrogens is 1. The Morgan fingerprint density at radius 1 is 0.786 bits per heavy atom. The zero-order chi connectivity index (χ0) is 8.67. The van der Waals surface area contributed by atoms with Crippen LogP contribution in [0.5, 0.6) is 0 Å². The van der Waals surface area contributed by atoms with E-state index >= 15 is 0 Å². The smallest absolute Gasteiger partial charge is 0.0533 e. The van der Waals surface area contributed by atoms with Crippen LogP contribution in [0.4, 0.5) is 0 Å². The van der Waals surface area contributed by atoms with E-state index in [-0.39, 0.29) is 6.15 Å². The molecule has 0 radical (unpaired) electrons. The minimum atomic E-state index is 0. The van der Waals surface area contributed by atoms with Gasteiger partial charge in [-0.3, -0.25) is 0 Å². The van der Waals surface area contributed by atoms with Gasteiger partial charge >= 0.3 is 0 Å². The second kappa shape index (κ2) is 3.16. The first-order chi connectivity index (χ1) is 6.45. The van der Waals surface area contributed by atoms with Crippen molar-refractivity contribution in [2.24, 2.45) is 0 Å². The Balaban J connectivity index is 0.000000750. The summed E-state index contributed by atoms with van der Waals surface area (Å²) in [5.41, 5.74) is 1.23. The molecule has 0 saturated heterocycles. The maximum absolute atomic E-state index is 3.26. The molecule has 2 aromatic carbocycles. The van der Waals surface area contributed by atoms with Gasteiger partial charge in [-0.2, -0.15) is 0 Å². The molecule has 2 nitrogen and oxygen atoms in total. The monoisotopic (exact) mass is 184 g/mol. The Labute approximate surface area is 82.1 Å². The van der Waals surface area contributed by atoms with Crippen molar-refractivity contribution >= 4 is 21.7 Å². The van der Waals surface area contributed by atoms with Gasteiger partial charge in [-0.25, -0.2) is 0 Å². The zero-order valence-corrected chi connectivity index (χ0v) is 7.83. The van der Waals surface area contributed by atoms with Gasteiger partial charge in [0.05, 0.1) is 5.52 Å². The van der Waals surface area contributed by atoms with Gasteiger partial charge in [-0.15, -0.1) is 0 Å². The third-order valence-corrected chi connectivity index (χ3v) is 2.45. The fourth-order valence-electron chi connectivity index (χ4n) is 1.80. The Morgan fingerprint density at radius 2 is 1.57 bits per heavy atom. The summed E-state index contributed by atoms with van der Waals surface area (Å²) in [5, 5.41) is 3.86. The molecule has 3 aromatic rings. The Morgan fingerprint density at radius 3 is 2.50 bits per heavy atom. The van der Waals surface area contributed by atoms with Crippen molar-refractivity contribution in [3.05, 3.63) is 48.7 Å². The normalized spacial score (nSPS) is 10.3. The maximum atomic E-state index is 3.26. The SMILES string of the molecule is N.c1ccc2c(c1)ccc1cc[nH]c12. The van der Waals surface area contributed by atoms with Gasteiger partial charge < -0.3 is 11.1 Å². The molecule has 1 aromatic heterocycles. The summed E-state index contributed by atoms with van der Waals surface area (Å²) in [7, 11) is 0. The van der Waals surface area contributed by atoms with E-state index in [9.17, 15) is 0 Å². The predicted molar refractivity (Wildman–Crippen MR) is 60.8 cm³/mol. The van der Waals surface area contributed by atoms with Crippen LogP contribution >= 0.6 is 0 Å². The van der Waals surface area contributed by atoms with Crippen LogP contribution in [0.2, 0.25) is 0 Å². The predicted octanol–water partition coefficient (Wildman–Crippen LogP) is 3.48. The third kappa shape index (κ3) is 1.09. The van der Waals surface area contributed by atoms with E-state index in [1.165, 1.54) is 21.7 Å². The van der Waals surface area contributed by atoms with Crippen LogP contribution in [0, 0.1) is 0 Å². The molecule has 0 spiro atoms. The van der Waals surface area contributed by atoms with Crippen LogP contribution in [-0.4, -0.2) is 4.98 Å². The van der Waals surface area contributed by atoms with E-state index < -0.39 is 0 Å². The van der Waals surface area contributed by atoms with E-state index in [1.54, 1.807) is 0 Å². The summed E-state index contributed by atoms with van der Waals surface area (Å²) in [6.07, 6.45) is 1.98. The van der Waals surface area contributed by atoms with Crippen molar-refractivity contribution in [2.75, 3.05) is 0 Å². The van der Waals surface area contributed by atoms with Crippen molar-refractivity contribution in [1.82, 2.24) is 11.1 Å². The van der Waals surface area contributed by atoms with Gasteiger partial charge in [0.1, 0.15) is 0 Å². The van der Waals surface area contributed by atoms with E-state index in [0.717, 1.165) is 0 Å². The molecule has 0 fully saturated rings. The minimum absolute atomic E-state index is 0. The van der Waals surface area contributed by atoms with Crippen molar-refractivity contribution < 1.29 is 0 Å². The van der Waals surface area contributed by atoms with Gasteiger partial charge in [0.2, 0.25) is 0 Å². The lowest BCUT2D eigenvalue weighted by Crippen LogP contribution is -1.73. The highest BCUT2D eigenvalue weighted by Crippen LogP contribution is 2.23. The lowest BCUT2D eigenvalue weighted by atomic mass is 10.1. The molecule has 14 heavy (non-hydrogen) atoms. The van der Waals surface area contributed by atoms with Crippen LogP contribution < -0.4 is 6.15 Å². The number of hydrogen-bond acceptors (Lipinski definition) is 1. The molecule has 0 aliphatic carbocycles. The molecule has 70 valence electrons. The first-order valence-electron chi connectivity index (χ1n) is 4.40. The number of hydrogen-bond donors (Lipinski definition) is 2. The Hall–Kier alpha value is -1.80. The van der Waals surface area contributed by atoms with E-state index in [0.29, 0.717) is 0 Å². The number of aromatic amines is 1. The second-order valence-electron chi connectivity index (χ2n) is 3.23. The summed E-state index contributed by atoms with van der Waals surface area (Å²) >= 11 is 0. The van der Waals surface area contributed by atoms with Gasteiger partial charge in [-0.05, 0) is 11.5 Å². The molecular weight excluding hydrogens is 172 g/mol. The number of rotatable bonds is 0. The molecule has 0 amide bonds. The molecule has 4 N–H and O–H groups in total. The van der Waals surface area contributed by atoms with E-state index in [4.69, 9.17) is 0 Å². The molecule has 2 heteroatoms. The highest BCUT2D eigenvalue weighted by Gasteiger charge is 1.98. The Bertz CT molecular complexity index is 566. The standard InChI is InChI=1S/C12H9N.H3N/c1-2-4-11-9(3-1)5-6-10-7-8-13-12(10)11;/h1-8,13H;1H3. The molecule has 0 saturated carbocycles. The first kappa shape index (κ1) is 8.78. The maximum Gasteiger partial charge on any atom is 0.0533 e. The molecule has 0 unspecified atom stereocenters. The molecule has 3 rings (SSSR count). The first-order valence-corrected chi connectivity index (χ1v) is 4.40. The van der Waals surface area contributed by atoms with Crippen LogP contribution in [-0.2, 0) is 0 Å². The van der Waals surface area contributed by atoms with Gasteiger partial charge in [0.15, 0.2) is 0 Å². The highest BCUT2D eigenvalue weighted by molar-refractivity contribution is 6.05. The lowest BCUT2D eigenvalue weighted by molar-refractivity contribution is 1.49. The third-order valence-electron chi connectivity index (χ3n) is 2.45. The Kier molecular flexibility index (Phi) is 1.98. The fraction of sp³-hybridized carbons (Fsp3) is 0. The largest absolute Gasteiger partial charge is 0.361 e. The summed E-state index contributed by atoms with van der Waals surface area (Å²) in [6, 6.07) is 14.8. The summed E-state index contributed by atoms with van der Waals surface area (Å²) < 4.78 is 0. The zero-order valence-electron chi connectivity index (χ0n) is 7.83. The van der Waals surface area contributed by atoms with Gasteiger partial charge in [0, 0.05) is 17.0 Å². The van der Waals surface area contributed by atoms with Crippen LogP contribution in [0.1, 0.15) is 0 Å². The van der Waals surface area contributed by atoms with Gasteiger partial charge in [0.25, 0.3) is 0 Å². The lowest BCUT2D eigenvalue weighted by Gasteiger charge is -1.97. The molecule has 0 bridgehead atoms. The molecule has 1 heterocycles. The molecule has 0 aliphatic heterocycles. The number of fused-ring (bicyclic) bond motifs is 3.